The van der Waals surface area contributed by atoms with Crippen molar-refractivity contribution in [2.45, 2.75) is 20.3 Å². The molecule has 0 aromatic carbocycles. The number of carbonyl (C=O) groups excluding carboxylic acids is 1. The Hall–Kier alpha value is -1.66. The summed E-state index contributed by atoms with van der Waals surface area (Å²) in [5, 5.41) is 6.01. The van der Waals surface area contributed by atoms with E-state index in [0.717, 1.165) is 31.9 Å². The van der Waals surface area contributed by atoms with Gasteiger partial charge in [-0.25, -0.2) is 4.98 Å². The number of rotatable bonds is 9. The highest BCUT2D eigenvalue weighted by Gasteiger charge is 2.02. The Kier molecular flexibility index (Phi) is 7.60. The van der Waals surface area contributed by atoms with Crippen LogP contribution in [0.15, 0.2) is 18.3 Å². The van der Waals surface area contributed by atoms with Gasteiger partial charge in [-0.15, -0.1) is 0 Å². The van der Waals surface area contributed by atoms with Crippen LogP contribution in [0.25, 0.3) is 0 Å². The fourth-order valence-corrected chi connectivity index (χ4v) is 1.81. The molecule has 0 aliphatic heterocycles. The van der Waals surface area contributed by atoms with Crippen molar-refractivity contribution in [3.8, 4) is 0 Å². The highest BCUT2D eigenvalue weighted by Crippen LogP contribution is 2.09. The second-order valence-electron chi connectivity index (χ2n) is 4.47. The van der Waals surface area contributed by atoms with Gasteiger partial charge in [-0.05, 0) is 25.2 Å². The Bertz CT molecular complexity index is 389. The van der Waals surface area contributed by atoms with Gasteiger partial charge in [-0.3, -0.25) is 4.79 Å². The van der Waals surface area contributed by atoms with Crippen molar-refractivity contribution >= 4 is 17.4 Å². The zero-order chi connectivity index (χ0) is 14.8. The quantitative estimate of drug-likeness (QED) is 0.631. The second kappa shape index (κ2) is 9.28. The molecule has 0 fully saturated rings. The van der Waals surface area contributed by atoms with Gasteiger partial charge in [-0.1, -0.05) is 13.8 Å². The van der Waals surface area contributed by atoms with Gasteiger partial charge in [0.2, 0.25) is 5.91 Å². The van der Waals surface area contributed by atoms with Crippen LogP contribution in [0.4, 0.5) is 11.5 Å². The first-order valence-electron chi connectivity index (χ1n) is 7.11. The lowest BCUT2D eigenvalue weighted by atomic mass is 10.3. The van der Waals surface area contributed by atoms with Gasteiger partial charge in [0.1, 0.15) is 5.82 Å². The van der Waals surface area contributed by atoms with Crippen LogP contribution >= 0.6 is 0 Å². The van der Waals surface area contributed by atoms with Crippen LogP contribution in [0.2, 0.25) is 0 Å². The maximum Gasteiger partial charge on any atom is 0.226 e. The monoisotopic (exact) mass is 279 g/mol. The number of amides is 1. The van der Waals surface area contributed by atoms with Crippen molar-refractivity contribution in [3.63, 3.8) is 0 Å². The van der Waals surface area contributed by atoms with Crippen LogP contribution in [-0.2, 0) is 4.79 Å². The van der Waals surface area contributed by atoms with Gasteiger partial charge in [0.05, 0.1) is 11.9 Å². The topological polar surface area (TPSA) is 83.3 Å². The van der Waals surface area contributed by atoms with Crippen molar-refractivity contribution in [1.82, 2.24) is 9.88 Å². The molecule has 1 heterocycles. The predicted octanol–water partition coefficient (Wildman–Crippen LogP) is 1.12. The first-order valence-corrected chi connectivity index (χ1v) is 7.11. The minimum atomic E-state index is -0.109. The van der Waals surface area contributed by atoms with Gasteiger partial charge < -0.3 is 21.3 Å². The third-order valence-corrected chi connectivity index (χ3v) is 3.05. The highest BCUT2D eigenvalue weighted by molar-refractivity contribution is 5.89. The molecule has 1 aromatic rings. The first kappa shape index (κ1) is 16.4. The molecule has 112 valence electrons. The molecule has 0 radical (unpaired) electrons. The van der Waals surface area contributed by atoms with Crippen LogP contribution in [0.1, 0.15) is 20.3 Å². The Morgan fingerprint density at radius 3 is 2.65 bits per heavy atom. The minimum Gasteiger partial charge on any atom is -0.383 e. The molecule has 1 aromatic heterocycles. The number of likely N-dealkylation sites (N-methyl/N-ethyl adjacent to an activating group) is 1. The fraction of sp³-hybridized carbons (Fsp3) is 0.571. The number of hydrogen-bond acceptors (Lipinski definition) is 5. The van der Waals surface area contributed by atoms with Crippen molar-refractivity contribution in [2.75, 3.05) is 43.4 Å². The summed E-state index contributed by atoms with van der Waals surface area (Å²) in [5.74, 6) is 0.444. The van der Waals surface area contributed by atoms with E-state index in [9.17, 15) is 4.79 Å². The Morgan fingerprint density at radius 1 is 1.35 bits per heavy atom. The largest absolute Gasteiger partial charge is 0.383 e. The molecular weight excluding hydrogens is 254 g/mol. The zero-order valence-electron chi connectivity index (χ0n) is 12.4. The molecule has 0 unspecified atom stereocenters. The summed E-state index contributed by atoms with van der Waals surface area (Å²) in [4.78, 5) is 17.9. The lowest BCUT2D eigenvalue weighted by Crippen LogP contribution is -2.28. The average Bonchev–Trinajstić information content (AvgIpc) is 2.45. The molecule has 0 atom stereocenters. The van der Waals surface area contributed by atoms with E-state index in [1.165, 1.54) is 0 Å². The Labute approximate surface area is 120 Å². The molecule has 0 saturated heterocycles. The Balaban J connectivity index is 2.37. The second-order valence-corrected chi connectivity index (χ2v) is 4.47. The molecule has 0 spiro atoms. The highest BCUT2D eigenvalue weighted by atomic mass is 16.1. The number of carbonyl (C=O) groups is 1. The van der Waals surface area contributed by atoms with Gasteiger partial charge in [0, 0.05) is 26.1 Å². The van der Waals surface area contributed by atoms with E-state index in [1.54, 1.807) is 12.3 Å². The summed E-state index contributed by atoms with van der Waals surface area (Å²) in [7, 11) is 0. The number of pyridine rings is 1. The third-order valence-electron chi connectivity index (χ3n) is 3.05. The van der Waals surface area contributed by atoms with Gasteiger partial charge in [-0.2, -0.15) is 0 Å². The molecule has 0 bridgehead atoms. The van der Waals surface area contributed by atoms with E-state index in [4.69, 9.17) is 5.73 Å². The van der Waals surface area contributed by atoms with E-state index >= 15 is 0 Å². The molecular formula is C14H25N5O. The van der Waals surface area contributed by atoms with Crippen LogP contribution in [0.3, 0.4) is 0 Å². The minimum absolute atomic E-state index is 0.109. The van der Waals surface area contributed by atoms with E-state index in [1.807, 2.05) is 6.07 Å². The van der Waals surface area contributed by atoms with E-state index in [2.05, 4.69) is 34.4 Å². The summed E-state index contributed by atoms with van der Waals surface area (Å²) in [6.45, 7) is 8.65. The number of hydrogen-bond donors (Lipinski definition) is 3. The lowest BCUT2D eigenvalue weighted by Gasteiger charge is -2.18. The summed E-state index contributed by atoms with van der Waals surface area (Å²) >= 11 is 0. The van der Waals surface area contributed by atoms with Gasteiger partial charge in [0.15, 0.2) is 0 Å². The zero-order valence-corrected chi connectivity index (χ0v) is 12.4. The molecule has 4 N–H and O–H groups in total. The predicted molar refractivity (Wildman–Crippen MR) is 82.8 cm³/mol. The van der Waals surface area contributed by atoms with Crippen LogP contribution < -0.4 is 16.4 Å². The maximum absolute atomic E-state index is 11.4. The summed E-state index contributed by atoms with van der Waals surface area (Å²) in [5.41, 5.74) is 6.27. The molecule has 6 heteroatoms. The van der Waals surface area contributed by atoms with Crippen molar-refractivity contribution in [3.05, 3.63) is 18.3 Å². The number of nitrogens with two attached hydrogens (primary N) is 1. The number of aromatic nitrogens is 1. The average molecular weight is 279 g/mol. The lowest BCUT2D eigenvalue weighted by molar-refractivity contribution is -0.116. The van der Waals surface area contributed by atoms with Crippen LogP contribution in [-0.4, -0.2) is 48.5 Å². The van der Waals surface area contributed by atoms with Crippen molar-refractivity contribution < 1.29 is 4.79 Å². The fourth-order valence-electron chi connectivity index (χ4n) is 1.81. The van der Waals surface area contributed by atoms with Crippen molar-refractivity contribution in [2.24, 2.45) is 5.73 Å². The van der Waals surface area contributed by atoms with Crippen LogP contribution in [0, 0.1) is 0 Å². The number of nitrogens with one attached hydrogen (secondary N) is 2. The smallest absolute Gasteiger partial charge is 0.226 e. The van der Waals surface area contributed by atoms with E-state index in [0.29, 0.717) is 18.8 Å². The standard InChI is InChI=1S/C14H25N5O/c1-3-19(4-2)10-9-16-12-5-6-13(17-11-12)18-14(20)7-8-15/h5-6,11,16H,3-4,7-10,15H2,1-2H3,(H,17,18,20). The molecule has 0 saturated carbocycles. The van der Waals surface area contributed by atoms with Crippen LogP contribution in [0.5, 0.6) is 0 Å². The first-order chi connectivity index (χ1) is 9.69. The maximum atomic E-state index is 11.4. The van der Waals surface area contributed by atoms with Crippen molar-refractivity contribution in [1.29, 1.82) is 0 Å². The summed E-state index contributed by atoms with van der Waals surface area (Å²) in [6.07, 6.45) is 2.03. The van der Waals surface area contributed by atoms with E-state index in [-0.39, 0.29) is 5.91 Å². The van der Waals surface area contributed by atoms with Gasteiger partial charge >= 0.3 is 0 Å². The normalized spacial score (nSPS) is 10.6. The molecule has 0 aliphatic rings. The third kappa shape index (κ3) is 5.99. The molecule has 20 heavy (non-hydrogen) atoms. The number of nitrogens with zero attached hydrogens (tertiary/aromatic N) is 2. The summed E-state index contributed by atoms with van der Waals surface area (Å²) in [6, 6.07) is 3.70. The SMILES string of the molecule is CCN(CC)CCNc1ccc(NC(=O)CCN)nc1. The molecule has 1 rings (SSSR count). The molecule has 1 amide bonds. The molecule has 0 aliphatic carbocycles. The van der Waals surface area contributed by atoms with E-state index < -0.39 is 0 Å². The van der Waals surface area contributed by atoms with Gasteiger partial charge in [0.25, 0.3) is 0 Å². The summed E-state index contributed by atoms with van der Waals surface area (Å²) < 4.78 is 0. The number of anilines is 2. The Morgan fingerprint density at radius 2 is 2.10 bits per heavy atom. The molecule has 6 nitrogen and oxygen atoms in total.